The third-order valence-electron chi connectivity index (χ3n) is 8.02. The Morgan fingerprint density at radius 2 is 1.15 bits per heavy atom. The molecule has 0 saturated heterocycles. The van der Waals surface area contributed by atoms with Crippen molar-refractivity contribution in [3.8, 4) is 0 Å². The van der Waals surface area contributed by atoms with E-state index in [-0.39, 0.29) is 0 Å². The quantitative estimate of drug-likeness (QED) is 0.238. The molecular weight excluding hydrogens is 488 g/mol. The zero-order chi connectivity index (χ0) is 27.5. The van der Waals surface area contributed by atoms with Crippen molar-refractivity contribution in [2.45, 2.75) is 38.9 Å². The van der Waals surface area contributed by atoms with Crippen molar-refractivity contribution in [3.63, 3.8) is 0 Å². The normalized spacial score (nSPS) is 15.1. The second-order valence-corrected chi connectivity index (χ2v) is 14.4. The van der Waals surface area contributed by atoms with E-state index in [1.165, 1.54) is 50.6 Å². The molecule has 6 rings (SSSR count). The third kappa shape index (κ3) is 5.50. The number of rotatable bonds is 5. The lowest BCUT2D eigenvalue weighted by Crippen LogP contribution is -2.16. The van der Waals surface area contributed by atoms with Crippen LogP contribution in [0.2, 0.25) is 13.1 Å². The minimum Gasteiger partial charge on any atom is -0.344 e. The van der Waals surface area contributed by atoms with Crippen LogP contribution in [0.4, 0.5) is 22.7 Å². The Kier molecular flexibility index (Phi) is 7.90. The second-order valence-electron chi connectivity index (χ2n) is 11.2. The zero-order valence-corrected chi connectivity index (χ0v) is 25.3. The molecule has 0 heterocycles. The Morgan fingerprint density at radius 1 is 0.615 bits per heavy atom. The maximum Gasteiger partial charge on any atom is 0.0484 e. The van der Waals surface area contributed by atoms with E-state index in [1.54, 1.807) is 5.57 Å². The summed E-state index contributed by atoms with van der Waals surface area (Å²) in [6, 6.07) is 34.4. The van der Waals surface area contributed by atoms with Gasteiger partial charge >= 0.3 is 0 Å². The van der Waals surface area contributed by atoms with Crippen LogP contribution in [0, 0.1) is 0 Å². The lowest BCUT2D eigenvalue weighted by molar-refractivity contribution is 1.10. The molecule has 39 heavy (non-hydrogen) atoms. The van der Waals surface area contributed by atoms with Crippen LogP contribution in [-0.4, -0.2) is 22.9 Å². The number of hydrogen-bond donors (Lipinski definition) is 0. The summed E-state index contributed by atoms with van der Waals surface area (Å²) in [7, 11) is 3.56. The van der Waals surface area contributed by atoms with E-state index in [9.17, 15) is 0 Å². The largest absolute Gasteiger partial charge is 0.344 e. The molecule has 0 bridgehead atoms. The molecule has 2 aliphatic rings. The zero-order valence-electron chi connectivity index (χ0n) is 24.1. The first-order chi connectivity index (χ1) is 18.8. The maximum absolute atomic E-state index is 2.45. The van der Waals surface area contributed by atoms with Crippen LogP contribution in [0.1, 0.15) is 41.6 Å². The molecule has 1 unspecified atom stereocenters. The van der Waals surface area contributed by atoms with E-state index >= 15 is 0 Å². The molecule has 0 saturated carbocycles. The minimum absolute atomic E-state index is 0.698. The van der Waals surface area contributed by atoms with E-state index in [0.29, 0.717) is 5.54 Å². The molecule has 2 aliphatic carbocycles. The highest BCUT2D eigenvalue weighted by Gasteiger charge is 2.28. The Morgan fingerprint density at radius 3 is 1.72 bits per heavy atom. The lowest BCUT2D eigenvalue weighted by Gasteiger charge is -2.23. The SMILES string of the molecule is CC1=Cc2c(cccc2N(C)c2ccccc2)C1.CC1=Cc2c(cccc2N(C)c2ccccc2)C1[SiH](C)C. The predicted molar refractivity (Wildman–Crippen MR) is 175 cm³/mol. The fourth-order valence-corrected chi connectivity index (χ4v) is 8.29. The summed E-state index contributed by atoms with van der Waals surface area (Å²) in [4.78, 5) is 4.56. The van der Waals surface area contributed by atoms with Crippen molar-refractivity contribution in [3.05, 3.63) is 130 Å². The first-order valence-corrected chi connectivity index (χ1v) is 17.0. The van der Waals surface area contributed by atoms with E-state index in [1.807, 2.05) is 0 Å². The molecule has 0 radical (unpaired) electrons. The molecule has 3 heteroatoms. The van der Waals surface area contributed by atoms with E-state index in [4.69, 9.17) is 0 Å². The first kappa shape index (κ1) is 26.8. The van der Waals surface area contributed by atoms with E-state index in [2.05, 4.69) is 160 Å². The third-order valence-corrected chi connectivity index (χ3v) is 10.2. The van der Waals surface area contributed by atoms with E-state index in [0.717, 1.165) is 6.42 Å². The molecule has 0 spiro atoms. The average Bonchev–Trinajstić information content (AvgIpc) is 3.51. The summed E-state index contributed by atoms with van der Waals surface area (Å²) < 4.78 is 0. The fourth-order valence-electron chi connectivity index (χ4n) is 6.13. The summed E-state index contributed by atoms with van der Waals surface area (Å²) in [5.41, 5.74) is 14.5. The average molecular weight is 529 g/mol. The van der Waals surface area contributed by atoms with Crippen molar-refractivity contribution >= 4 is 43.7 Å². The van der Waals surface area contributed by atoms with Gasteiger partial charge in [0.1, 0.15) is 0 Å². The Balaban J connectivity index is 0.000000160. The number of para-hydroxylation sites is 2. The van der Waals surface area contributed by atoms with E-state index < -0.39 is 8.80 Å². The highest BCUT2D eigenvalue weighted by molar-refractivity contribution is 6.58. The van der Waals surface area contributed by atoms with Crippen molar-refractivity contribution in [2.75, 3.05) is 23.9 Å². The van der Waals surface area contributed by atoms with Crippen LogP contribution < -0.4 is 9.80 Å². The molecule has 2 nitrogen and oxygen atoms in total. The van der Waals surface area contributed by atoms with Gasteiger partial charge in [0.15, 0.2) is 0 Å². The summed E-state index contributed by atoms with van der Waals surface area (Å²) in [5.74, 6) is 0. The first-order valence-electron chi connectivity index (χ1n) is 14.0. The molecule has 4 aromatic rings. The maximum atomic E-state index is 2.45. The van der Waals surface area contributed by atoms with Crippen LogP contribution in [0.25, 0.3) is 12.2 Å². The van der Waals surface area contributed by atoms with Crippen molar-refractivity contribution in [2.24, 2.45) is 0 Å². The summed E-state index contributed by atoms with van der Waals surface area (Å²) in [6.07, 6.45) is 5.80. The number of fused-ring (bicyclic) bond motifs is 2. The van der Waals surface area contributed by atoms with Crippen LogP contribution in [0.3, 0.4) is 0 Å². The summed E-state index contributed by atoms with van der Waals surface area (Å²) >= 11 is 0. The highest BCUT2D eigenvalue weighted by atomic mass is 28.3. The predicted octanol–water partition coefficient (Wildman–Crippen LogP) is 9.39. The molecule has 0 fully saturated rings. The molecule has 0 aliphatic heterocycles. The fraction of sp³-hybridized carbons (Fsp3) is 0.222. The topological polar surface area (TPSA) is 6.48 Å². The van der Waals surface area contributed by atoms with Gasteiger partial charge in [0.25, 0.3) is 0 Å². The van der Waals surface area contributed by atoms with Gasteiger partial charge in [-0.05, 0) is 73.3 Å². The highest BCUT2D eigenvalue weighted by Crippen LogP contribution is 2.43. The van der Waals surface area contributed by atoms with Crippen LogP contribution >= 0.6 is 0 Å². The van der Waals surface area contributed by atoms with Gasteiger partial charge in [-0.3, -0.25) is 0 Å². The molecular formula is C36H40N2Si. The van der Waals surface area contributed by atoms with Gasteiger partial charge in [0, 0.05) is 56.8 Å². The number of hydrogen-bond acceptors (Lipinski definition) is 2. The van der Waals surface area contributed by atoms with Gasteiger partial charge in [-0.25, -0.2) is 0 Å². The molecule has 1 atom stereocenters. The van der Waals surface area contributed by atoms with Gasteiger partial charge in [-0.1, -0.05) is 97.1 Å². The number of benzene rings is 4. The van der Waals surface area contributed by atoms with Crippen LogP contribution in [0.5, 0.6) is 0 Å². The smallest absolute Gasteiger partial charge is 0.0484 e. The van der Waals surface area contributed by atoms with Crippen molar-refractivity contribution < 1.29 is 0 Å². The molecule has 0 amide bonds. The van der Waals surface area contributed by atoms with Crippen LogP contribution in [-0.2, 0) is 6.42 Å². The van der Waals surface area contributed by atoms with Crippen molar-refractivity contribution in [1.29, 1.82) is 0 Å². The van der Waals surface area contributed by atoms with Crippen molar-refractivity contribution in [1.82, 2.24) is 0 Å². The van der Waals surface area contributed by atoms with Gasteiger partial charge in [-0.2, -0.15) is 0 Å². The Hall–Kier alpha value is -3.82. The van der Waals surface area contributed by atoms with Crippen LogP contribution in [0.15, 0.2) is 108 Å². The minimum atomic E-state index is -0.730. The summed E-state index contributed by atoms with van der Waals surface area (Å²) in [6.45, 7) is 9.39. The number of nitrogens with zero attached hydrogens (tertiary/aromatic N) is 2. The molecule has 4 aromatic carbocycles. The Bertz CT molecular complexity index is 1500. The van der Waals surface area contributed by atoms with Gasteiger partial charge < -0.3 is 9.80 Å². The molecule has 198 valence electrons. The molecule has 0 aromatic heterocycles. The van der Waals surface area contributed by atoms with Gasteiger partial charge in [0.05, 0.1) is 0 Å². The molecule has 0 N–H and O–H groups in total. The summed E-state index contributed by atoms with van der Waals surface area (Å²) in [5, 5.41) is 0. The number of anilines is 4. The Labute approximate surface area is 236 Å². The lowest BCUT2D eigenvalue weighted by atomic mass is 10.1. The number of allylic oxidation sites excluding steroid dienone is 2. The second kappa shape index (κ2) is 11.5. The van der Waals surface area contributed by atoms with Gasteiger partial charge in [0.2, 0.25) is 0 Å². The van der Waals surface area contributed by atoms with Gasteiger partial charge in [-0.15, -0.1) is 0 Å². The monoisotopic (exact) mass is 528 g/mol. The standard InChI is InChI=1S/C19H23NSi.C17H17N/c1-14-13-17-16(19(14)21(3)4)11-8-12-18(17)20(2)15-9-6-5-7-10-15;1-13-11-14-7-6-10-17(16(14)12-13)18(2)15-8-4-3-5-9-15/h5-13,19,21H,1-4H3;3-10,12H,11H2,1-2H3.